The smallest absolute Gasteiger partial charge is 0.374 e. The van der Waals surface area contributed by atoms with Gasteiger partial charge in [-0.3, -0.25) is 5.09 Å². The van der Waals surface area contributed by atoms with Gasteiger partial charge in [0, 0.05) is 11.1 Å². The van der Waals surface area contributed by atoms with Crippen molar-refractivity contribution in [3.63, 3.8) is 0 Å². The summed E-state index contributed by atoms with van der Waals surface area (Å²) < 4.78 is 19.1. The van der Waals surface area contributed by atoms with Crippen molar-refractivity contribution in [1.82, 2.24) is 15.0 Å². The first-order valence-electron chi connectivity index (χ1n) is 6.91. The van der Waals surface area contributed by atoms with Crippen LogP contribution in [-0.4, -0.2) is 15.0 Å². The van der Waals surface area contributed by atoms with Crippen LogP contribution in [0.2, 0.25) is 0 Å². The van der Waals surface area contributed by atoms with Crippen LogP contribution < -0.4 is 21.9 Å². The molecule has 5 N–H and O–H groups in total. The van der Waals surface area contributed by atoms with E-state index in [1.807, 2.05) is 12.1 Å². The third kappa shape index (κ3) is 2.63. The Hall–Kier alpha value is -3.12. The third-order valence-electron chi connectivity index (χ3n) is 3.31. The van der Waals surface area contributed by atoms with Crippen molar-refractivity contribution in [2.45, 2.75) is 0 Å². The van der Waals surface area contributed by atoms with E-state index >= 15 is 0 Å². The maximum atomic E-state index is 13.4. The van der Waals surface area contributed by atoms with Gasteiger partial charge in [0.15, 0.2) is 0 Å². The van der Waals surface area contributed by atoms with E-state index < -0.39 is 7.52 Å². The fourth-order valence-electron chi connectivity index (χ4n) is 2.36. The van der Waals surface area contributed by atoms with Gasteiger partial charge in [0.1, 0.15) is 5.76 Å². The van der Waals surface area contributed by atoms with E-state index in [9.17, 15) is 4.57 Å². The molecule has 1 atom stereocenters. The Balaban J connectivity index is 2.14. The van der Waals surface area contributed by atoms with Crippen molar-refractivity contribution >= 4 is 36.2 Å². The highest BCUT2D eigenvalue weighted by Gasteiger charge is 2.37. The highest BCUT2D eigenvalue weighted by atomic mass is 31.2. The summed E-state index contributed by atoms with van der Waals surface area (Å²) >= 11 is 0. The van der Waals surface area contributed by atoms with Gasteiger partial charge in [-0.25, -0.2) is 4.57 Å². The lowest BCUT2D eigenvalue weighted by Gasteiger charge is -2.28. The topological polar surface area (TPSA) is 129 Å². The Bertz CT molecular complexity index is 904. The third-order valence-corrected chi connectivity index (χ3v) is 5.28. The summed E-state index contributed by atoms with van der Waals surface area (Å²) in [4.78, 5) is 11.4. The molecule has 24 heavy (non-hydrogen) atoms. The van der Waals surface area contributed by atoms with E-state index in [1.165, 1.54) is 6.08 Å². The van der Waals surface area contributed by atoms with Crippen molar-refractivity contribution in [3.05, 3.63) is 60.9 Å². The maximum absolute atomic E-state index is 13.4. The molecule has 0 amide bonds. The molecule has 0 radical (unpaired) electrons. The lowest BCUT2D eigenvalue weighted by Crippen LogP contribution is -2.23. The van der Waals surface area contributed by atoms with Gasteiger partial charge in [-0.15, -0.1) is 0 Å². The number of aromatic nitrogens is 3. The molecule has 0 bridgehead atoms. The number of anilines is 3. The molecule has 0 aliphatic carbocycles. The predicted molar refractivity (Wildman–Crippen MR) is 94.4 cm³/mol. The van der Waals surface area contributed by atoms with E-state index in [0.717, 1.165) is 5.56 Å². The Morgan fingerprint density at radius 1 is 1.08 bits per heavy atom. The number of nitrogen functional groups attached to an aromatic ring is 2. The molecule has 0 spiro atoms. The molecule has 1 aromatic heterocycles. The van der Waals surface area contributed by atoms with Crippen molar-refractivity contribution in [2.75, 3.05) is 16.6 Å². The largest absolute Gasteiger partial charge is 0.425 e. The van der Waals surface area contributed by atoms with E-state index in [-0.39, 0.29) is 17.8 Å². The Morgan fingerprint density at radius 3 is 2.38 bits per heavy atom. The highest BCUT2D eigenvalue weighted by molar-refractivity contribution is 7.68. The zero-order chi connectivity index (χ0) is 17.3. The summed E-state index contributed by atoms with van der Waals surface area (Å²) in [5.41, 5.74) is 12.5. The lowest BCUT2D eigenvalue weighted by atomic mass is 10.0. The number of rotatable bonds is 4. The van der Waals surface area contributed by atoms with Crippen LogP contribution in [0.3, 0.4) is 0 Å². The lowest BCUT2D eigenvalue weighted by molar-refractivity contribution is 0.430. The zero-order valence-electron chi connectivity index (χ0n) is 12.6. The SMILES string of the molecule is C=CC1=C(C=C)c2ccccc2P(=O)(Nc2nc(N)nc(N)n2)O1. The molecule has 3 rings (SSSR count). The second-order valence-electron chi connectivity index (χ2n) is 4.83. The van der Waals surface area contributed by atoms with E-state index in [2.05, 4.69) is 33.2 Å². The van der Waals surface area contributed by atoms with Crippen molar-refractivity contribution in [3.8, 4) is 0 Å². The summed E-state index contributed by atoms with van der Waals surface area (Å²) in [5.74, 6) is 0.124. The highest BCUT2D eigenvalue weighted by Crippen LogP contribution is 2.53. The molecule has 1 aromatic carbocycles. The molecular weight excluding hydrogens is 327 g/mol. The van der Waals surface area contributed by atoms with Crippen molar-refractivity contribution in [1.29, 1.82) is 0 Å². The first kappa shape index (κ1) is 15.8. The Morgan fingerprint density at radius 2 is 1.75 bits per heavy atom. The van der Waals surface area contributed by atoms with Gasteiger partial charge in [-0.1, -0.05) is 37.4 Å². The number of fused-ring (bicyclic) bond motifs is 1. The molecule has 0 saturated carbocycles. The van der Waals surface area contributed by atoms with Gasteiger partial charge in [0.05, 0.1) is 5.30 Å². The standard InChI is InChI=1S/C15H15N6O2P/c1-3-9-10-7-5-6-8-12(10)24(22,23-11(9)4-2)21-15-19-13(16)18-14(17)20-15/h3-8H,1-2H2,(H5,16,17,18,19,20,21,22). The predicted octanol–water partition coefficient (Wildman–Crippen LogP) is 2.08. The fourth-order valence-corrected chi connectivity index (χ4v) is 4.23. The summed E-state index contributed by atoms with van der Waals surface area (Å²) in [6, 6.07) is 7.10. The van der Waals surface area contributed by atoms with Gasteiger partial charge in [0.2, 0.25) is 17.8 Å². The molecule has 2 aromatic rings. The zero-order valence-corrected chi connectivity index (χ0v) is 13.5. The quantitative estimate of drug-likeness (QED) is 0.720. The van der Waals surface area contributed by atoms with Gasteiger partial charge in [-0.2, -0.15) is 15.0 Å². The maximum Gasteiger partial charge on any atom is 0.374 e. The number of nitrogens with two attached hydrogens (primary N) is 2. The minimum absolute atomic E-state index is 0.0383. The number of nitrogens with zero attached hydrogens (tertiary/aromatic N) is 3. The van der Waals surface area contributed by atoms with Crippen LogP contribution in [0.5, 0.6) is 0 Å². The number of benzene rings is 1. The molecule has 8 nitrogen and oxygen atoms in total. The van der Waals surface area contributed by atoms with Crippen LogP contribution in [0.4, 0.5) is 17.8 Å². The van der Waals surface area contributed by atoms with Crippen molar-refractivity contribution < 1.29 is 9.09 Å². The molecule has 9 heteroatoms. The van der Waals surface area contributed by atoms with Crippen LogP contribution >= 0.6 is 7.52 Å². The number of allylic oxidation sites excluding steroid dienone is 3. The summed E-state index contributed by atoms with van der Waals surface area (Å²) in [6.07, 6.45) is 3.09. The second-order valence-corrected chi connectivity index (χ2v) is 6.82. The second kappa shape index (κ2) is 5.82. The first-order chi connectivity index (χ1) is 11.5. The normalized spacial score (nSPS) is 19.2. The monoisotopic (exact) mass is 342 g/mol. The Kier molecular flexibility index (Phi) is 3.83. The van der Waals surface area contributed by atoms with Gasteiger partial charge in [-0.05, 0) is 12.1 Å². The van der Waals surface area contributed by atoms with Gasteiger partial charge in [0.25, 0.3) is 0 Å². The summed E-state index contributed by atoms with van der Waals surface area (Å²) in [7, 11) is -3.58. The average molecular weight is 342 g/mol. The average Bonchev–Trinajstić information content (AvgIpc) is 2.53. The van der Waals surface area contributed by atoms with Crippen LogP contribution in [0.1, 0.15) is 5.56 Å². The summed E-state index contributed by atoms with van der Waals surface area (Å²) in [5, 5.41) is 3.16. The molecule has 1 aliphatic heterocycles. The fraction of sp³-hybridized carbons (Fsp3) is 0. The van der Waals surface area contributed by atoms with Crippen LogP contribution in [0.25, 0.3) is 5.57 Å². The Labute approximate surface area is 138 Å². The number of nitrogens with one attached hydrogen (secondary N) is 1. The number of hydrogen-bond acceptors (Lipinski definition) is 7. The van der Waals surface area contributed by atoms with E-state index in [4.69, 9.17) is 16.0 Å². The van der Waals surface area contributed by atoms with E-state index in [0.29, 0.717) is 16.6 Å². The minimum atomic E-state index is -3.58. The minimum Gasteiger partial charge on any atom is -0.425 e. The van der Waals surface area contributed by atoms with Gasteiger partial charge >= 0.3 is 7.52 Å². The van der Waals surface area contributed by atoms with Gasteiger partial charge < -0.3 is 16.0 Å². The van der Waals surface area contributed by atoms with Crippen LogP contribution in [0, 0.1) is 0 Å². The number of hydrogen-bond donors (Lipinski definition) is 3. The molecule has 1 aliphatic rings. The first-order valence-corrected chi connectivity index (χ1v) is 8.53. The van der Waals surface area contributed by atoms with Crippen molar-refractivity contribution in [2.24, 2.45) is 0 Å². The molecule has 0 fully saturated rings. The van der Waals surface area contributed by atoms with Crippen LogP contribution in [0.15, 0.2) is 55.3 Å². The summed E-state index contributed by atoms with van der Waals surface area (Å²) in [6.45, 7) is 7.47. The van der Waals surface area contributed by atoms with Crippen LogP contribution in [-0.2, 0) is 9.09 Å². The van der Waals surface area contributed by atoms with E-state index in [1.54, 1.807) is 18.2 Å². The molecule has 2 heterocycles. The molecule has 1 unspecified atom stereocenters. The molecule has 122 valence electrons. The molecule has 0 saturated heterocycles. The molecular formula is C15H15N6O2P.